The average Bonchev–Trinajstić information content (AvgIpc) is 2.99. The monoisotopic (exact) mass is 400 g/mol. The zero-order valence-corrected chi connectivity index (χ0v) is 17.6. The molecule has 4 bridgehead atoms. The molecule has 1 heterocycles. The van der Waals surface area contributed by atoms with Crippen molar-refractivity contribution < 1.29 is 9.59 Å². The molecule has 0 spiro atoms. The summed E-state index contributed by atoms with van der Waals surface area (Å²) in [5.74, 6) is 0.934. The molecule has 2 unspecified atom stereocenters. The fraction of sp³-hybridized carbons (Fsp3) is 0.652. The standard InChI is InChI=1S/C23H29ClN2O2/c1-21-9-15-10-22(2,12-21)14-23(11-15,13-21)20(28)25-18-8-16(5-6-17(18)24)26-7-3-4-19(26)27/h5-6,8,15H,3-4,7,9-14H2,1-2H3,(H,25,28). The molecule has 4 nitrogen and oxygen atoms in total. The lowest BCUT2D eigenvalue weighted by atomic mass is 9.40. The van der Waals surface area contributed by atoms with E-state index in [1.165, 1.54) is 19.3 Å². The number of hydrogen-bond acceptors (Lipinski definition) is 2. The smallest absolute Gasteiger partial charge is 0.230 e. The van der Waals surface area contributed by atoms with Crippen LogP contribution in [0.15, 0.2) is 18.2 Å². The molecule has 6 rings (SSSR count). The Labute approximate surface area is 172 Å². The first kappa shape index (κ1) is 18.5. The molecule has 2 amide bonds. The molecule has 1 aromatic rings. The Morgan fingerprint density at radius 3 is 2.46 bits per heavy atom. The van der Waals surface area contributed by atoms with Gasteiger partial charge in [0.2, 0.25) is 11.8 Å². The zero-order chi connectivity index (χ0) is 19.7. The molecule has 28 heavy (non-hydrogen) atoms. The van der Waals surface area contributed by atoms with Crippen molar-refractivity contribution in [3.63, 3.8) is 0 Å². The van der Waals surface area contributed by atoms with Gasteiger partial charge in [-0.3, -0.25) is 9.59 Å². The Kier molecular flexibility index (Phi) is 3.94. The van der Waals surface area contributed by atoms with Crippen LogP contribution in [0.4, 0.5) is 11.4 Å². The van der Waals surface area contributed by atoms with E-state index in [1.54, 1.807) is 11.0 Å². The van der Waals surface area contributed by atoms with Crippen LogP contribution in [0.2, 0.25) is 5.02 Å². The van der Waals surface area contributed by atoms with Crippen molar-refractivity contribution >= 4 is 34.8 Å². The summed E-state index contributed by atoms with van der Waals surface area (Å²) in [4.78, 5) is 27.4. The first-order chi connectivity index (χ1) is 13.2. The van der Waals surface area contributed by atoms with E-state index in [9.17, 15) is 9.59 Å². The van der Waals surface area contributed by atoms with Gasteiger partial charge in [0, 0.05) is 18.7 Å². The number of nitrogens with one attached hydrogen (secondary N) is 1. The Hall–Kier alpha value is -1.55. The summed E-state index contributed by atoms with van der Waals surface area (Å²) < 4.78 is 0. The molecule has 150 valence electrons. The highest BCUT2D eigenvalue weighted by Crippen LogP contribution is 2.69. The van der Waals surface area contributed by atoms with Crippen molar-refractivity contribution in [3.05, 3.63) is 23.2 Å². The number of carbonyl (C=O) groups is 2. The number of anilines is 2. The molecule has 5 aliphatic rings. The van der Waals surface area contributed by atoms with Gasteiger partial charge in [0.05, 0.1) is 16.1 Å². The largest absolute Gasteiger partial charge is 0.324 e. The minimum atomic E-state index is -0.272. The van der Waals surface area contributed by atoms with Crippen molar-refractivity contribution in [2.45, 2.75) is 65.2 Å². The second kappa shape index (κ2) is 5.98. The van der Waals surface area contributed by atoms with Crippen LogP contribution in [-0.4, -0.2) is 18.4 Å². The third-order valence-corrected chi connectivity index (χ3v) is 8.02. The minimum Gasteiger partial charge on any atom is -0.324 e. The molecule has 0 aromatic heterocycles. The number of hydrogen-bond donors (Lipinski definition) is 1. The first-order valence-corrected chi connectivity index (χ1v) is 11.0. The molecule has 4 saturated carbocycles. The average molecular weight is 401 g/mol. The highest BCUT2D eigenvalue weighted by molar-refractivity contribution is 6.34. The molecule has 4 aliphatic carbocycles. The maximum Gasteiger partial charge on any atom is 0.230 e. The fourth-order valence-corrected chi connectivity index (χ4v) is 7.82. The Morgan fingerprint density at radius 2 is 1.86 bits per heavy atom. The Morgan fingerprint density at radius 1 is 1.14 bits per heavy atom. The van der Waals surface area contributed by atoms with Gasteiger partial charge in [-0.1, -0.05) is 25.4 Å². The highest BCUT2D eigenvalue weighted by atomic mass is 35.5. The van der Waals surface area contributed by atoms with Crippen LogP contribution in [0.1, 0.15) is 65.2 Å². The van der Waals surface area contributed by atoms with Crippen molar-refractivity contribution in [1.82, 2.24) is 0 Å². The maximum atomic E-state index is 13.5. The van der Waals surface area contributed by atoms with E-state index in [0.717, 1.165) is 37.9 Å². The van der Waals surface area contributed by atoms with Gasteiger partial charge < -0.3 is 10.2 Å². The maximum absolute atomic E-state index is 13.5. The predicted molar refractivity (Wildman–Crippen MR) is 112 cm³/mol. The first-order valence-electron chi connectivity index (χ1n) is 10.6. The van der Waals surface area contributed by atoms with E-state index in [0.29, 0.717) is 33.9 Å². The molecule has 1 aromatic carbocycles. The summed E-state index contributed by atoms with van der Waals surface area (Å²) in [5, 5.41) is 3.70. The van der Waals surface area contributed by atoms with Gasteiger partial charge >= 0.3 is 0 Å². The molecule has 1 N–H and O–H groups in total. The van der Waals surface area contributed by atoms with Crippen LogP contribution in [0, 0.1) is 22.2 Å². The van der Waals surface area contributed by atoms with E-state index in [-0.39, 0.29) is 17.2 Å². The summed E-state index contributed by atoms with van der Waals surface area (Å²) in [7, 11) is 0. The zero-order valence-electron chi connectivity index (χ0n) is 16.8. The molecular weight excluding hydrogens is 372 g/mol. The Bertz CT molecular complexity index is 848. The van der Waals surface area contributed by atoms with Crippen LogP contribution in [0.3, 0.4) is 0 Å². The molecule has 1 aliphatic heterocycles. The molecule has 5 heteroatoms. The third-order valence-electron chi connectivity index (χ3n) is 7.69. The van der Waals surface area contributed by atoms with E-state index >= 15 is 0 Å². The van der Waals surface area contributed by atoms with E-state index in [1.807, 2.05) is 12.1 Å². The van der Waals surface area contributed by atoms with Crippen molar-refractivity contribution in [2.75, 3.05) is 16.8 Å². The van der Waals surface area contributed by atoms with Gasteiger partial charge in [-0.05, 0) is 79.9 Å². The number of rotatable bonds is 3. The van der Waals surface area contributed by atoms with Gasteiger partial charge in [0.15, 0.2) is 0 Å². The van der Waals surface area contributed by atoms with Crippen LogP contribution in [0.25, 0.3) is 0 Å². The molecular formula is C23H29ClN2O2. The van der Waals surface area contributed by atoms with Crippen LogP contribution in [0.5, 0.6) is 0 Å². The number of amides is 2. The lowest BCUT2D eigenvalue weighted by Crippen LogP contribution is -2.58. The van der Waals surface area contributed by atoms with Gasteiger partial charge in [0.1, 0.15) is 0 Å². The van der Waals surface area contributed by atoms with Gasteiger partial charge in [-0.2, -0.15) is 0 Å². The van der Waals surface area contributed by atoms with Gasteiger partial charge in [0.25, 0.3) is 0 Å². The second-order valence-corrected chi connectivity index (χ2v) is 11.1. The summed E-state index contributed by atoms with van der Waals surface area (Å²) in [6, 6.07) is 5.53. The molecule has 2 atom stereocenters. The SMILES string of the molecule is CC12CC3CC(C)(C1)CC(C(=O)Nc1cc(N4CCCC4=O)ccc1Cl)(C3)C2. The molecule has 0 radical (unpaired) electrons. The lowest BCUT2D eigenvalue weighted by molar-refractivity contribution is -0.165. The summed E-state index contributed by atoms with van der Waals surface area (Å²) >= 11 is 6.43. The van der Waals surface area contributed by atoms with Crippen molar-refractivity contribution in [1.29, 1.82) is 0 Å². The van der Waals surface area contributed by atoms with Crippen molar-refractivity contribution in [3.8, 4) is 0 Å². The van der Waals surface area contributed by atoms with Crippen LogP contribution in [-0.2, 0) is 9.59 Å². The topological polar surface area (TPSA) is 49.4 Å². The van der Waals surface area contributed by atoms with E-state index in [4.69, 9.17) is 11.6 Å². The van der Waals surface area contributed by atoms with Crippen LogP contribution < -0.4 is 10.2 Å². The van der Waals surface area contributed by atoms with Gasteiger partial charge in [-0.25, -0.2) is 0 Å². The lowest BCUT2D eigenvalue weighted by Gasteiger charge is -2.64. The van der Waals surface area contributed by atoms with Gasteiger partial charge in [-0.15, -0.1) is 0 Å². The number of nitrogens with zero attached hydrogens (tertiary/aromatic N) is 1. The van der Waals surface area contributed by atoms with E-state index in [2.05, 4.69) is 19.2 Å². The minimum absolute atomic E-state index is 0.126. The number of halogens is 1. The van der Waals surface area contributed by atoms with Crippen molar-refractivity contribution in [2.24, 2.45) is 22.2 Å². The number of benzene rings is 1. The number of carbonyl (C=O) groups excluding carboxylic acids is 2. The molecule has 5 fully saturated rings. The summed E-state index contributed by atoms with van der Waals surface area (Å²) in [6.45, 7) is 5.49. The predicted octanol–water partition coefficient (Wildman–Crippen LogP) is 5.40. The normalized spacial score (nSPS) is 38.9. The quantitative estimate of drug-likeness (QED) is 0.738. The Balaban J connectivity index is 1.42. The third kappa shape index (κ3) is 2.87. The highest BCUT2D eigenvalue weighted by Gasteiger charge is 2.62. The second-order valence-electron chi connectivity index (χ2n) is 10.7. The van der Waals surface area contributed by atoms with E-state index < -0.39 is 0 Å². The summed E-state index contributed by atoms with van der Waals surface area (Å²) in [6.07, 6.45) is 8.23. The van der Waals surface area contributed by atoms with Crippen LogP contribution >= 0.6 is 11.6 Å². The summed E-state index contributed by atoms with van der Waals surface area (Å²) in [5.41, 5.74) is 1.77. The fourth-order valence-electron chi connectivity index (χ4n) is 7.65. The molecule has 1 saturated heterocycles.